The number of halogens is 1. The number of benzene rings is 3. The lowest BCUT2D eigenvalue weighted by molar-refractivity contribution is 0.416. The average Bonchev–Trinajstić information content (AvgIpc) is 2.75. The maximum atomic E-state index is 12.9. The number of methoxy groups -OCH3 is 1. The SMILES string of the molecule is COc1ccc(S(=O)(=O)Nc2ccc(Cl)cc2)cc1NS(=O)(=O)c1ccc(C(C)C)cc1. The molecule has 7 nitrogen and oxygen atoms in total. The molecule has 0 heterocycles. The Morgan fingerprint density at radius 1 is 0.781 bits per heavy atom. The zero-order chi connectivity index (χ0) is 23.5. The van der Waals surface area contributed by atoms with Crippen molar-refractivity contribution in [2.24, 2.45) is 0 Å². The lowest BCUT2D eigenvalue weighted by Crippen LogP contribution is -2.16. The van der Waals surface area contributed by atoms with Gasteiger partial charge in [-0.15, -0.1) is 0 Å². The molecule has 0 aliphatic carbocycles. The van der Waals surface area contributed by atoms with Crippen LogP contribution >= 0.6 is 11.6 Å². The predicted octanol–water partition coefficient (Wildman–Crippen LogP) is 5.07. The van der Waals surface area contributed by atoms with Crippen molar-refractivity contribution in [3.8, 4) is 5.75 Å². The van der Waals surface area contributed by atoms with Gasteiger partial charge < -0.3 is 4.74 Å². The number of nitrogens with one attached hydrogen (secondary N) is 2. The van der Waals surface area contributed by atoms with Crippen LogP contribution in [-0.2, 0) is 20.0 Å². The van der Waals surface area contributed by atoms with E-state index in [9.17, 15) is 16.8 Å². The van der Waals surface area contributed by atoms with Crippen LogP contribution < -0.4 is 14.2 Å². The van der Waals surface area contributed by atoms with Gasteiger partial charge in [0.15, 0.2) is 0 Å². The Hall–Kier alpha value is -2.75. The monoisotopic (exact) mass is 494 g/mol. The van der Waals surface area contributed by atoms with Crippen LogP contribution in [0.4, 0.5) is 11.4 Å². The topological polar surface area (TPSA) is 102 Å². The quantitative estimate of drug-likeness (QED) is 0.455. The summed E-state index contributed by atoms with van der Waals surface area (Å²) in [5.41, 5.74) is 1.32. The molecule has 3 aromatic carbocycles. The zero-order valence-corrected chi connectivity index (χ0v) is 20.1. The van der Waals surface area contributed by atoms with Gasteiger partial charge in [-0.3, -0.25) is 9.44 Å². The molecule has 0 aliphatic heterocycles. The van der Waals surface area contributed by atoms with Gasteiger partial charge >= 0.3 is 0 Å². The molecule has 0 aliphatic rings. The third kappa shape index (κ3) is 5.53. The average molecular weight is 495 g/mol. The molecule has 10 heteroatoms. The third-order valence-electron chi connectivity index (χ3n) is 4.68. The fraction of sp³-hybridized carbons (Fsp3) is 0.182. The number of rotatable bonds is 8. The zero-order valence-electron chi connectivity index (χ0n) is 17.7. The van der Waals surface area contributed by atoms with E-state index in [0.717, 1.165) is 5.56 Å². The fourth-order valence-electron chi connectivity index (χ4n) is 2.90. The Kier molecular flexibility index (Phi) is 7.02. The molecule has 0 unspecified atom stereocenters. The largest absolute Gasteiger partial charge is 0.495 e. The molecule has 0 aromatic heterocycles. The summed E-state index contributed by atoms with van der Waals surface area (Å²) >= 11 is 5.83. The van der Waals surface area contributed by atoms with Crippen molar-refractivity contribution in [1.29, 1.82) is 0 Å². The molecular formula is C22H23ClN2O5S2. The number of anilines is 2. The summed E-state index contributed by atoms with van der Waals surface area (Å²) in [6.45, 7) is 4.02. The van der Waals surface area contributed by atoms with Crippen LogP contribution in [0.1, 0.15) is 25.3 Å². The molecule has 32 heavy (non-hydrogen) atoms. The standard InChI is InChI=1S/C22H23ClN2O5S2/c1-15(2)16-4-10-19(11-5-16)31(26,27)25-21-14-20(12-13-22(21)30-3)32(28,29)24-18-8-6-17(23)7-9-18/h4-15,24-25H,1-3H3. The van der Waals surface area contributed by atoms with Gasteiger partial charge in [0.05, 0.1) is 22.6 Å². The summed E-state index contributed by atoms with van der Waals surface area (Å²) in [6.07, 6.45) is 0. The summed E-state index contributed by atoms with van der Waals surface area (Å²) < 4.78 is 61.5. The van der Waals surface area contributed by atoms with Gasteiger partial charge in [0.1, 0.15) is 5.75 Å². The molecule has 0 amide bonds. The van der Waals surface area contributed by atoms with Crippen molar-refractivity contribution in [2.75, 3.05) is 16.6 Å². The molecule has 0 radical (unpaired) electrons. The van der Waals surface area contributed by atoms with Gasteiger partial charge in [0, 0.05) is 10.7 Å². The van der Waals surface area contributed by atoms with E-state index in [1.807, 2.05) is 13.8 Å². The van der Waals surface area contributed by atoms with E-state index in [1.165, 1.54) is 49.6 Å². The first kappa shape index (κ1) is 23.9. The maximum Gasteiger partial charge on any atom is 0.262 e. The molecular weight excluding hydrogens is 472 g/mol. The van der Waals surface area contributed by atoms with Gasteiger partial charge in [-0.2, -0.15) is 0 Å². The van der Waals surface area contributed by atoms with E-state index in [-0.39, 0.29) is 27.1 Å². The number of hydrogen-bond donors (Lipinski definition) is 2. The fourth-order valence-corrected chi connectivity index (χ4v) is 5.17. The summed E-state index contributed by atoms with van der Waals surface area (Å²) in [6, 6.07) is 16.6. The van der Waals surface area contributed by atoms with E-state index in [1.54, 1.807) is 24.3 Å². The number of sulfonamides is 2. The summed E-state index contributed by atoms with van der Waals surface area (Å²) in [5.74, 6) is 0.438. The molecule has 170 valence electrons. The van der Waals surface area contributed by atoms with E-state index in [2.05, 4.69) is 9.44 Å². The molecule has 0 spiro atoms. The molecule has 0 fully saturated rings. The Labute approximate surface area is 193 Å². The van der Waals surface area contributed by atoms with Crippen LogP contribution in [-0.4, -0.2) is 23.9 Å². The smallest absolute Gasteiger partial charge is 0.262 e. The van der Waals surface area contributed by atoms with Crippen LogP contribution in [0.15, 0.2) is 76.5 Å². The molecule has 3 rings (SSSR count). The highest BCUT2D eigenvalue weighted by Crippen LogP contribution is 2.31. The summed E-state index contributed by atoms with van der Waals surface area (Å²) in [4.78, 5) is -0.0855. The van der Waals surface area contributed by atoms with Crippen LogP contribution in [0.5, 0.6) is 5.75 Å². The predicted molar refractivity (Wildman–Crippen MR) is 127 cm³/mol. The highest BCUT2D eigenvalue weighted by atomic mass is 35.5. The second-order valence-corrected chi connectivity index (χ2v) is 11.1. The molecule has 0 atom stereocenters. The van der Waals surface area contributed by atoms with Crippen molar-refractivity contribution in [3.63, 3.8) is 0 Å². The van der Waals surface area contributed by atoms with E-state index < -0.39 is 20.0 Å². The molecule has 0 saturated carbocycles. The normalized spacial score (nSPS) is 11.9. The van der Waals surface area contributed by atoms with Gasteiger partial charge in [0.2, 0.25) is 0 Å². The highest BCUT2D eigenvalue weighted by Gasteiger charge is 2.21. The third-order valence-corrected chi connectivity index (χ3v) is 7.69. The molecule has 0 saturated heterocycles. The summed E-state index contributed by atoms with van der Waals surface area (Å²) in [7, 11) is -6.60. The Morgan fingerprint density at radius 2 is 1.34 bits per heavy atom. The van der Waals surface area contributed by atoms with Crippen molar-refractivity contribution >= 4 is 43.0 Å². The Morgan fingerprint density at radius 3 is 1.91 bits per heavy atom. The van der Waals surface area contributed by atoms with E-state index in [4.69, 9.17) is 16.3 Å². The minimum Gasteiger partial charge on any atom is -0.495 e. The first-order chi connectivity index (χ1) is 15.0. The Bertz CT molecular complexity index is 1310. The van der Waals surface area contributed by atoms with Crippen molar-refractivity contribution < 1.29 is 21.6 Å². The Balaban J connectivity index is 1.92. The van der Waals surface area contributed by atoms with E-state index >= 15 is 0 Å². The van der Waals surface area contributed by atoms with Crippen molar-refractivity contribution in [2.45, 2.75) is 29.6 Å². The molecule has 2 N–H and O–H groups in total. The lowest BCUT2D eigenvalue weighted by atomic mass is 10.0. The van der Waals surface area contributed by atoms with Crippen molar-refractivity contribution in [3.05, 3.63) is 77.3 Å². The number of ether oxygens (including phenoxy) is 1. The van der Waals surface area contributed by atoms with Gasteiger partial charge in [-0.1, -0.05) is 37.6 Å². The van der Waals surface area contributed by atoms with Gasteiger partial charge in [0.25, 0.3) is 20.0 Å². The van der Waals surface area contributed by atoms with Crippen molar-refractivity contribution in [1.82, 2.24) is 0 Å². The van der Waals surface area contributed by atoms with Gasteiger partial charge in [-0.05, 0) is 66.1 Å². The minimum atomic E-state index is -3.99. The van der Waals surface area contributed by atoms with Gasteiger partial charge in [-0.25, -0.2) is 16.8 Å². The number of hydrogen-bond acceptors (Lipinski definition) is 5. The van der Waals surface area contributed by atoms with E-state index in [0.29, 0.717) is 10.7 Å². The van der Waals surface area contributed by atoms with Crippen LogP contribution in [0.2, 0.25) is 5.02 Å². The maximum absolute atomic E-state index is 12.9. The highest BCUT2D eigenvalue weighted by molar-refractivity contribution is 7.93. The first-order valence-corrected chi connectivity index (χ1v) is 13.0. The van der Waals surface area contributed by atoms with Crippen LogP contribution in [0, 0.1) is 0 Å². The second kappa shape index (κ2) is 9.40. The second-order valence-electron chi connectivity index (χ2n) is 7.30. The lowest BCUT2D eigenvalue weighted by Gasteiger charge is -2.15. The van der Waals surface area contributed by atoms with Crippen LogP contribution in [0.3, 0.4) is 0 Å². The molecule has 0 bridgehead atoms. The van der Waals surface area contributed by atoms with Crippen LogP contribution in [0.25, 0.3) is 0 Å². The molecule has 3 aromatic rings. The minimum absolute atomic E-state index is 0.000540. The summed E-state index contributed by atoms with van der Waals surface area (Å²) in [5, 5.41) is 0.468. The first-order valence-electron chi connectivity index (χ1n) is 9.61.